The van der Waals surface area contributed by atoms with Crippen LogP contribution >= 0.6 is 0 Å². The van der Waals surface area contributed by atoms with Crippen molar-refractivity contribution < 1.29 is 39.5 Å². The molecule has 0 bridgehead atoms. The van der Waals surface area contributed by atoms with Gasteiger partial charge >= 0.3 is 29.6 Å². The van der Waals surface area contributed by atoms with Crippen LogP contribution < -0.4 is 29.6 Å². The number of rotatable bonds is 1. The molecular formula is C11H9N2NaO2. The Kier molecular flexibility index (Phi) is 8.34. The molecule has 5 heteroatoms. The Morgan fingerprint density at radius 2 is 1.31 bits per heavy atom. The summed E-state index contributed by atoms with van der Waals surface area (Å²) in [6, 6.07) is 11.6. The van der Waals surface area contributed by atoms with Gasteiger partial charge in [0.25, 0.3) is 0 Å². The van der Waals surface area contributed by atoms with Crippen LogP contribution in [-0.4, -0.2) is 21.5 Å². The van der Waals surface area contributed by atoms with E-state index in [1.54, 1.807) is 12.4 Å². The predicted molar refractivity (Wildman–Crippen MR) is 55.8 cm³/mol. The molecule has 0 radical (unpaired) electrons. The second-order valence-electron chi connectivity index (χ2n) is 2.52. The Morgan fingerprint density at radius 3 is 1.56 bits per heavy atom. The summed E-state index contributed by atoms with van der Waals surface area (Å²) in [5.41, 5.74) is 1.83. The summed E-state index contributed by atoms with van der Waals surface area (Å²) in [4.78, 5) is 16.6. The molecule has 0 atom stereocenters. The van der Waals surface area contributed by atoms with Crippen LogP contribution in [0.4, 0.5) is 0 Å². The standard InChI is InChI=1S/C10H8N2.CHO2.Na/c1-3-7-11-9(5-1)10-6-2-4-8-12-10;2-1-3;/h1-8H;(H,2,3);/q;-1;+1. The van der Waals surface area contributed by atoms with E-state index in [0.717, 1.165) is 11.4 Å². The smallest absolute Gasteiger partial charge is 0.665 e. The quantitative estimate of drug-likeness (QED) is 0.486. The first-order chi connectivity index (χ1) is 7.38. The van der Waals surface area contributed by atoms with Gasteiger partial charge in [-0.3, -0.25) is 9.97 Å². The molecule has 0 fully saturated rings. The number of nitrogens with zero attached hydrogens (tertiary/aromatic N) is 2. The van der Waals surface area contributed by atoms with Gasteiger partial charge in [0.15, 0.2) is 0 Å². The molecule has 0 unspecified atom stereocenters. The van der Waals surface area contributed by atoms with Crippen molar-refractivity contribution in [2.45, 2.75) is 0 Å². The van der Waals surface area contributed by atoms with E-state index in [0.29, 0.717) is 6.47 Å². The molecule has 2 aromatic heterocycles. The molecule has 16 heavy (non-hydrogen) atoms. The summed E-state index contributed by atoms with van der Waals surface area (Å²) in [6.45, 7) is 0.500. The summed E-state index contributed by atoms with van der Waals surface area (Å²) >= 11 is 0. The summed E-state index contributed by atoms with van der Waals surface area (Å²) in [7, 11) is 0. The van der Waals surface area contributed by atoms with Crippen LogP contribution in [0.1, 0.15) is 0 Å². The summed E-state index contributed by atoms with van der Waals surface area (Å²) in [5.74, 6) is 0. The van der Waals surface area contributed by atoms with Gasteiger partial charge < -0.3 is 9.90 Å². The van der Waals surface area contributed by atoms with E-state index in [-0.39, 0.29) is 29.6 Å². The Morgan fingerprint density at radius 1 is 0.938 bits per heavy atom. The van der Waals surface area contributed by atoms with Gasteiger partial charge in [0.2, 0.25) is 0 Å². The maximum absolute atomic E-state index is 8.24. The van der Waals surface area contributed by atoms with Gasteiger partial charge in [0, 0.05) is 12.4 Å². The van der Waals surface area contributed by atoms with Crippen molar-refractivity contribution in [3.05, 3.63) is 48.8 Å². The Balaban J connectivity index is 0.000000511. The van der Waals surface area contributed by atoms with Gasteiger partial charge in [-0.2, -0.15) is 0 Å². The van der Waals surface area contributed by atoms with Crippen LogP contribution in [0, 0.1) is 0 Å². The van der Waals surface area contributed by atoms with E-state index in [1.165, 1.54) is 0 Å². The second-order valence-corrected chi connectivity index (χ2v) is 2.52. The van der Waals surface area contributed by atoms with Crippen molar-refractivity contribution in [1.29, 1.82) is 0 Å². The zero-order valence-corrected chi connectivity index (χ0v) is 10.9. The van der Waals surface area contributed by atoms with Crippen LogP contribution in [0.3, 0.4) is 0 Å². The normalized spacial score (nSPS) is 8.00. The minimum absolute atomic E-state index is 0. The van der Waals surface area contributed by atoms with Crippen molar-refractivity contribution >= 4 is 6.47 Å². The van der Waals surface area contributed by atoms with Crippen LogP contribution in [0.15, 0.2) is 48.8 Å². The number of aliphatic hydroxyl groups excluding tert-OH is 1. The van der Waals surface area contributed by atoms with Crippen molar-refractivity contribution in [3.8, 4) is 11.4 Å². The largest absolute Gasteiger partial charge is 1.00 e. The van der Waals surface area contributed by atoms with Gasteiger partial charge in [-0.1, -0.05) is 18.6 Å². The SMILES string of the molecule is O=[C-]O.[Na+].c1ccc(-c2ccccn2)nc1. The van der Waals surface area contributed by atoms with Gasteiger partial charge in [0.1, 0.15) is 0 Å². The van der Waals surface area contributed by atoms with Crippen LogP contribution in [0.5, 0.6) is 0 Å². The summed E-state index contributed by atoms with van der Waals surface area (Å²) in [5, 5.41) is 6.76. The molecule has 2 heterocycles. The van der Waals surface area contributed by atoms with Crippen LogP contribution in [-0.2, 0) is 4.79 Å². The molecule has 2 aromatic rings. The minimum Gasteiger partial charge on any atom is -0.665 e. The molecule has 0 saturated carbocycles. The third kappa shape index (κ3) is 5.02. The zero-order chi connectivity index (χ0) is 10.9. The fraction of sp³-hybridized carbons (Fsp3) is 0. The molecule has 1 N–H and O–H groups in total. The first kappa shape index (κ1) is 14.8. The van der Waals surface area contributed by atoms with E-state index < -0.39 is 0 Å². The second kappa shape index (κ2) is 9.03. The summed E-state index contributed by atoms with van der Waals surface area (Å²) in [6.07, 6.45) is 3.54. The molecule has 0 aromatic carbocycles. The fourth-order valence-electron chi connectivity index (χ4n) is 1.03. The van der Waals surface area contributed by atoms with E-state index in [4.69, 9.17) is 9.90 Å². The molecule has 0 amide bonds. The minimum atomic E-state index is 0. The Bertz CT molecular complexity index is 358. The predicted octanol–water partition coefficient (Wildman–Crippen LogP) is -1.24. The Labute approximate surface area is 116 Å². The maximum atomic E-state index is 8.24. The van der Waals surface area contributed by atoms with Gasteiger partial charge in [-0.05, 0) is 24.3 Å². The van der Waals surface area contributed by atoms with E-state index in [1.807, 2.05) is 36.4 Å². The maximum Gasteiger partial charge on any atom is 1.00 e. The molecule has 0 aliphatic heterocycles. The van der Waals surface area contributed by atoms with Gasteiger partial charge in [-0.15, -0.1) is 0 Å². The van der Waals surface area contributed by atoms with Crippen molar-refractivity contribution in [3.63, 3.8) is 0 Å². The third-order valence-electron chi connectivity index (χ3n) is 1.59. The molecule has 0 spiro atoms. The number of hydrogen-bond donors (Lipinski definition) is 1. The monoisotopic (exact) mass is 224 g/mol. The number of pyridine rings is 2. The Hall–Kier alpha value is -1.23. The van der Waals surface area contributed by atoms with E-state index >= 15 is 0 Å². The number of aromatic nitrogens is 2. The van der Waals surface area contributed by atoms with E-state index in [2.05, 4.69) is 9.97 Å². The molecule has 0 aliphatic rings. The zero-order valence-electron chi connectivity index (χ0n) is 8.87. The van der Waals surface area contributed by atoms with Crippen molar-refractivity contribution in [1.82, 2.24) is 9.97 Å². The molecular weight excluding hydrogens is 215 g/mol. The molecule has 76 valence electrons. The first-order valence-electron chi connectivity index (χ1n) is 4.22. The average Bonchev–Trinajstić information content (AvgIpc) is 2.32. The summed E-state index contributed by atoms with van der Waals surface area (Å²) < 4.78 is 0. The van der Waals surface area contributed by atoms with Gasteiger partial charge in [0.05, 0.1) is 11.4 Å². The van der Waals surface area contributed by atoms with Gasteiger partial charge in [-0.25, -0.2) is 0 Å². The van der Waals surface area contributed by atoms with Crippen LogP contribution in [0.25, 0.3) is 11.4 Å². The van der Waals surface area contributed by atoms with Crippen LogP contribution in [0.2, 0.25) is 0 Å². The first-order valence-corrected chi connectivity index (χ1v) is 4.22. The van der Waals surface area contributed by atoms with Crippen molar-refractivity contribution in [2.75, 3.05) is 0 Å². The topological polar surface area (TPSA) is 63.1 Å². The molecule has 0 saturated heterocycles. The number of hydrogen-bond acceptors (Lipinski definition) is 3. The van der Waals surface area contributed by atoms with E-state index in [9.17, 15) is 0 Å². The molecule has 4 nitrogen and oxygen atoms in total. The third-order valence-corrected chi connectivity index (χ3v) is 1.59. The molecule has 0 aliphatic carbocycles. The fourth-order valence-corrected chi connectivity index (χ4v) is 1.03. The van der Waals surface area contributed by atoms with Crippen molar-refractivity contribution in [2.24, 2.45) is 0 Å². The molecule has 2 rings (SSSR count). The average molecular weight is 224 g/mol.